The van der Waals surface area contributed by atoms with Gasteiger partial charge in [0, 0.05) is 22.0 Å². The van der Waals surface area contributed by atoms with Crippen molar-refractivity contribution >= 4 is 33.9 Å². The van der Waals surface area contributed by atoms with E-state index < -0.39 is 11.9 Å². The first kappa shape index (κ1) is 13.0. The van der Waals surface area contributed by atoms with Crippen LogP contribution in [0.15, 0.2) is 28.7 Å². The molecule has 0 saturated heterocycles. The zero-order valence-electron chi connectivity index (χ0n) is 8.48. The van der Waals surface area contributed by atoms with Crippen molar-refractivity contribution in [2.45, 2.75) is 0 Å². The average Bonchev–Trinajstić information content (AvgIpc) is 2.23. The minimum atomic E-state index is -1.22. The molecule has 0 unspecified atom stereocenters. The van der Waals surface area contributed by atoms with Gasteiger partial charge >= 0.3 is 11.9 Å². The summed E-state index contributed by atoms with van der Waals surface area (Å²) in [6.07, 6.45) is 2.40. The van der Waals surface area contributed by atoms with E-state index in [1.807, 2.05) is 5.92 Å². The number of benzene rings is 1. The quantitative estimate of drug-likeness (QED) is 0.646. The van der Waals surface area contributed by atoms with Crippen LogP contribution in [-0.2, 0) is 9.59 Å². The zero-order chi connectivity index (χ0) is 12.8. The summed E-state index contributed by atoms with van der Waals surface area (Å²) in [5.74, 6) is 2.17. The first-order valence-corrected chi connectivity index (χ1v) is 5.23. The van der Waals surface area contributed by atoms with Crippen LogP contribution in [0, 0.1) is 11.8 Å². The van der Waals surface area contributed by atoms with Crippen LogP contribution in [0.4, 0.5) is 0 Å². The number of rotatable bonds is 2. The predicted octanol–water partition coefficient (Wildman–Crippen LogP) is 1.98. The number of hydrogen-bond donors (Lipinski definition) is 2. The summed E-state index contributed by atoms with van der Waals surface area (Å²) in [6, 6.07) is 4.94. The molecule has 0 fully saturated rings. The van der Waals surface area contributed by atoms with E-state index in [4.69, 9.17) is 10.2 Å². The molecule has 1 aromatic carbocycles. The Kier molecular flexibility index (Phi) is 4.49. The molecule has 0 aliphatic heterocycles. The molecule has 1 aromatic rings. The highest BCUT2D eigenvalue weighted by atomic mass is 79.9. The highest BCUT2D eigenvalue weighted by Gasteiger charge is 1.96. The normalized spacial score (nSPS) is 9.71. The molecule has 0 heterocycles. The van der Waals surface area contributed by atoms with Crippen LogP contribution in [0.5, 0.6) is 0 Å². The third kappa shape index (κ3) is 5.00. The van der Waals surface area contributed by atoms with E-state index in [9.17, 15) is 9.59 Å². The SMILES string of the molecule is O=C(O)C#Cc1cc(Br)cc(C=CC(=O)O)c1. The van der Waals surface area contributed by atoms with Crippen molar-refractivity contribution in [2.75, 3.05) is 0 Å². The molecule has 0 spiro atoms. The van der Waals surface area contributed by atoms with Gasteiger partial charge in [-0.2, -0.15) is 0 Å². The van der Waals surface area contributed by atoms with Crippen LogP contribution < -0.4 is 0 Å². The summed E-state index contributed by atoms with van der Waals surface area (Å²) in [6.45, 7) is 0. The lowest BCUT2D eigenvalue weighted by Gasteiger charge is -1.97. The minimum absolute atomic E-state index is 0.492. The van der Waals surface area contributed by atoms with Crippen molar-refractivity contribution in [3.8, 4) is 11.8 Å². The van der Waals surface area contributed by atoms with E-state index in [0.29, 0.717) is 15.6 Å². The van der Waals surface area contributed by atoms with Gasteiger partial charge in [-0.3, -0.25) is 0 Å². The van der Waals surface area contributed by atoms with Gasteiger partial charge in [-0.05, 0) is 29.8 Å². The molecule has 0 amide bonds. The molecule has 0 aliphatic carbocycles. The van der Waals surface area contributed by atoms with Gasteiger partial charge in [0.05, 0.1) is 0 Å². The van der Waals surface area contributed by atoms with Crippen molar-refractivity contribution < 1.29 is 19.8 Å². The highest BCUT2D eigenvalue weighted by molar-refractivity contribution is 9.10. The molecule has 5 heteroatoms. The fourth-order valence-corrected chi connectivity index (χ4v) is 1.58. The monoisotopic (exact) mass is 294 g/mol. The molecule has 4 nitrogen and oxygen atoms in total. The van der Waals surface area contributed by atoms with E-state index in [0.717, 1.165) is 6.08 Å². The molecule has 0 aromatic heterocycles. The molecule has 1 rings (SSSR count). The maximum atomic E-state index is 10.4. The Morgan fingerprint density at radius 2 is 1.94 bits per heavy atom. The van der Waals surface area contributed by atoms with Crippen molar-refractivity contribution in [3.05, 3.63) is 39.9 Å². The maximum Gasteiger partial charge on any atom is 0.382 e. The minimum Gasteiger partial charge on any atom is -0.478 e. The van der Waals surface area contributed by atoms with Gasteiger partial charge in [0.2, 0.25) is 0 Å². The van der Waals surface area contributed by atoms with Gasteiger partial charge in [0.15, 0.2) is 0 Å². The number of carboxylic acids is 2. The number of carbonyl (C=O) groups is 2. The van der Waals surface area contributed by atoms with Crippen molar-refractivity contribution in [1.82, 2.24) is 0 Å². The molecule has 0 saturated carbocycles. The van der Waals surface area contributed by atoms with Crippen LogP contribution in [0.25, 0.3) is 6.08 Å². The highest BCUT2D eigenvalue weighted by Crippen LogP contribution is 2.16. The van der Waals surface area contributed by atoms with Crippen LogP contribution in [0.2, 0.25) is 0 Å². The maximum absolute atomic E-state index is 10.4. The summed E-state index contributed by atoms with van der Waals surface area (Å²) >= 11 is 3.23. The molecule has 0 atom stereocenters. The Morgan fingerprint density at radius 3 is 2.53 bits per heavy atom. The largest absolute Gasteiger partial charge is 0.478 e. The van der Waals surface area contributed by atoms with E-state index >= 15 is 0 Å². The topological polar surface area (TPSA) is 74.6 Å². The Hall–Kier alpha value is -2.06. The Morgan fingerprint density at radius 1 is 1.24 bits per heavy atom. The van der Waals surface area contributed by atoms with Gasteiger partial charge < -0.3 is 10.2 Å². The van der Waals surface area contributed by atoms with Crippen molar-refractivity contribution in [3.63, 3.8) is 0 Å². The second-order valence-electron chi connectivity index (χ2n) is 3.00. The third-order valence-electron chi connectivity index (χ3n) is 1.65. The zero-order valence-corrected chi connectivity index (χ0v) is 10.1. The molecule has 86 valence electrons. The van der Waals surface area contributed by atoms with Crippen LogP contribution in [0.1, 0.15) is 11.1 Å². The molecule has 0 radical (unpaired) electrons. The lowest BCUT2D eigenvalue weighted by atomic mass is 10.1. The summed E-state index contributed by atoms with van der Waals surface area (Å²) in [4.78, 5) is 20.6. The van der Waals surface area contributed by atoms with E-state index in [1.165, 1.54) is 6.08 Å². The van der Waals surface area contributed by atoms with Crippen LogP contribution in [0.3, 0.4) is 0 Å². The van der Waals surface area contributed by atoms with Gasteiger partial charge in [-0.1, -0.05) is 21.9 Å². The van der Waals surface area contributed by atoms with Gasteiger partial charge in [-0.15, -0.1) is 0 Å². The predicted molar refractivity (Wildman–Crippen MR) is 65.3 cm³/mol. The Balaban J connectivity index is 3.07. The summed E-state index contributed by atoms with van der Waals surface area (Å²) in [5.41, 5.74) is 1.11. The van der Waals surface area contributed by atoms with Crippen molar-refractivity contribution in [1.29, 1.82) is 0 Å². The average molecular weight is 295 g/mol. The molecule has 0 aliphatic rings. The molecule has 0 bridgehead atoms. The Bertz CT molecular complexity index is 549. The fourth-order valence-electron chi connectivity index (χ4n) is 1.07. The fraction of sp³-hybridized carbons (Fsp3) is 0. The standard InChI is InChI=1S/C12H7BrO4/c13-10-6-8(1-3-11(14)15)5-9(7-10)2-4-12(16)17/h1,3,5-7H,(H,14,15)(H,16,17). The number of halogens is 1. The smallest absolute Gasteiger partial charge is 0.382 e. The Labute approximate surface area is 106 Å². The lowest BCUT2D eigenvalue weighted by molar-refractivity contribution is -0.132. The van der Waals surface area contributed by atoms with Gasteiger partial charge in [0.1, 0.15) is 0 Å². The summed E-state index contributed by atoms with van der Waals surface area (Å²) < 4.78 is 0.694. The van der Waals surface area contributed by atoms with Crippen LogP contribution >= 0.6 is 15.9 Å². The first-order chi connectivity index (χ1) is 7.97. The number of hydrogen-bond acceptors (Lipinski definition) is 2. The molecular weight excluding hydrogens is 288 g/mol. The molecular formula is C12H7BrO4. The second-order valence-corrected chi connectivity index (χ2v) is 3.92. The first-order valence-electron chi connectivity index (χ1n) is 4.44. The van der Waals surface area contributed by atoms with E-state index in [2.05, 4.69) is 21.9 Å². The second kappa shape index (κ2) is 5.87. The van der Waals surface area contributed by atoms with Crippen molar-refractivity contribution in [2.24, 2.45) is 0 Å². The van der Waals surface area contributed by atoms with Gasteiger partial charge in [-0.25, -0.2) is 9.59 Å². The lowest BCUT2D eigenvalue weighted by Crippen LogP contribution is -1.88. The molecule has 2 N–H and O–H groups in total. The summed E-state index contributed by atoms with van der Waals surface area (Å²) in [5, 5.41) is 16.9. The third-order valence-corrected chi connectivity index (χ3v) is 2.11. The van der Waals surface area contributed by atoms with E-state index in [-0.39, 0.29) is 0 Å². The number of carboxylic acid groups (broad SMARTS) is 2. The molecule has 17 heavy (non-hydrogen) atoms. The van der Waals surface area contributed by atoms with Crippen LogP contribution in [-0.4, -0.2) is 22.2 Å². The van der Waals surface area contributed by atoms with E-state index in [1.54, 1.807) is 18.2 Å². The number of aliphatic carboxylic acids is 2. The van der Waals surface area contributed by atoms with Gasteiger partial charge in [0.25, 0.3) is 0 Å². The summed E-state index contributed by atoms with van der Waals surface area (Å²) in [7, 11) is 0.